The van der Waals surface area contributed by atoms with E-state index in [-0.39, 0.29) is 18.2 Å². The Kier molecular flexibility index (Phi) is 7.67. The number of amidine groups is 1. The molecule has 1 aliphatic heterocycles. The first-order valence-corrected chi connectivity index (χ1v) is 13.2. The molecular weight excluding hydrogens is 566 g/mol. The Balaban J connectivity index is 1.46. The average molecular weight is 586 g/mol. The molecule has 1 amide bonds. The van der Waals surface area contributed by atoms with Crippen LogP contribution in [0, 0.1) is 10.1 Å². The smallest absolute Gasteiger partial charge is 0.271 e. The van der Waals surface area contributed by atoms with Gasteiger partial charge in [-0.15, -0.1) is 0 Å². The largest absolute Gasteiger partial charge is 0.488 e. The number of amides is 1. The molecule has 1 aliphatic rings. The van der Waals surface area contributed by atoms with Gasteiger partial charge in [-0.25, -0.2) is 4.99 Å². The third-order valence-electron chi connectivity index (χ3n) is 5.60. The molecule has 38 heavy (non-hydrogen) atoms. The van der Waals surface area contributed by atoms with E-state index < -0.39 is 4.92 Å². The van der Waals surface area contributed by atoms with Gasteiger partial charge in [0.15, 0.2) is 5.17 Å². The van der Waals surface area contributed by atoms with Crippen LogP contribution in [-0.4, -0.2) is 16.0 Å². The summed E-state index contributed by atoms with van der Waals surface area (Å²) in [6.07, 6.45) is 1.80. The third-order valence-corrected chi connectivity index (χ3v) is 7.06. The van der Waals surface area contributed by atoms with E-state index >= 15 is 0 Å². The minimum atomic E-state index is -0.436. The fourth-order valence-corrected chi connectivity index (χ4v) is 5.12. The van der Waals surface area contributed by atoms with Crippen molar-refractivity contribution in [1.82, 2.24) is 0 Å². The van der Waals surface area contributed by atoms with Gasteiger partial charge in [-0.2, -0.15) is 0 Å². The first kappa shape index (κ1) is 25.4. The predicted octanol–water partition coefficient (Wildman–Crippen LogP) is 7.74. The number of carbonyl (C=O) groups is 1. The molecule has 0 aromatic heterocycles. The number of benzene rings is 4. The van der Waals surface area contributed by atoms with Crippen LogP contribution in [0.5, 0.6) is 5.75 Å². The third kappa shape index (κ3) is 5.85. The van der Waals surface area contributed by atoms with Crippen LogP contribution in [0.25, 0.3) is 6.08 Å². The van der Waals surface area contributed by atoms with Crippen LogP contribution in [-0.2, 0) is 11.4 Å². The molecule has 0 radical (unpaired) electrons. The van der Waals surface area contributed by atoms with Crippen molar-refractivity contribution in [2.45, 2.75) is 6.61 Å². The molecule has 4 aromatic carbocycles. The lowest BCUT2D eigenvalue weighted by molar-refractivity contribution is -0.384. The van der Waals surface area contributed by atoms with Crippen LogP contribution in [0.1, 0.15) is 11.1 Å². The van der Waals surface area contributed by atoms with Crippen LogP contribution in [0.2, 0.25) is 0 Å². The van der Waals surface area contributed by atoms with Crippen LogP contribution < -0.4 is 9.64 Å². The normalized spacial score (nSPS) is 15.3. The number of nitro benzene ring substituents is 1. The summed E-state index contributed by atoms with van der Waals surface area (Å²) < 4.78 is 6.89. The van der Waals surface area contributed by atoms with Crippen molar-refractivity contribution in [2.24, 2.45) is 4.99 Å². The van der Waals surface area contributed by atoms with Gasteiger partial charge in [0.05, 0.1) is 21.2 Å². The number of rotatable bonds is 7. The number of ether oxygens (including phenoxy) is 1. The number of nitrogens with zero attached hydrogens (tertiary/aromatic N) is 3. The Morgan fingerprint density at radius 3 is 2.32 bits per heavy atom. The topological polar surface area (TPSA) is 85.0 Å². The van der Waals surface area contributed by atoms with Crippen molar-refractivity contribution >= 4 is 61.9 Å². The van der Waals surface area contributed by atoms with E-state index in [1.54, 1.807) is 23.1 Å². The second-order valence-corrected chi connectivity index (χ2v) is 10.1. The fourth-order valence-electron chi connectivity index (χ4n) is 3.75. The van der Waals surface area contributed by atoms with Crippen LogP contribution in [0.3, 0.4) is 0 Å². The quantitative estimate of drug-likeness (QED) is 0.126. The van der Waals surface area contributed by atoms with Gasteiger partial charge >= 0.3 is 0 Å². The zero-order valence-electron chi connectivity index (χ0n) is 19.9. The summed E-state index contributed by atoms with van der Waals surface area (Å²) >= 11 is 4.81. The number of non-ortho nitro benzene ring substituents is 1. The molecule has 0 spiro atoms. The van der Waals surface area contributed by atoms with E-state index in [2.05, 4.69) is 15.9 Å². The van der Waals surface area contributed by atoms with Gasteiger partial charge < -0.3 is 4.74 Å². The SMILES string of the molecule is O=C1/C(=C\c2cc(Br)ccc2OCc2ccc([N+](=O)[O-])cc2)SC(=Nc2ccccc2)N1c1ccccc1. The number of carbonyl (C=O) groups excluding carboxylic acids is 1. The lowest BCUT2D eigenvalue weighted by atomic mass is 10.1. The van der Waals surface area contributed by atoms with Crippen molar-refractivity contribution in [3.05, 3.63) is 134 Å². The van der Waals surface area contributed by atoms with Crippen molar-refractivity contribution in [3.63, 3.8) is 0 Å². The van der Waals surface area contributed by atoms with E-state index in [0.717, 1.165) is 21.4 Å². The van der Waals surface area contributed by atoms with Crippen molar-refractivity contribution in [2.75, 3.05) is 4.90 Å². The zero-order valence-corrected chi connectivity index (χ0v) is 22.3. The maximum atomic E-state index is 13.6. The predicted molar refractivity (Wildman–Crippen MR) is 155 cm³/mol. The molecule has 7 nitrogen and oxygen atoms in total. The van der Waals surface area contributed by atoms with Crippen LogP contribution >= 0.6 is 27.7 Å². The second kappa shape index (κ2) is 11.5. The molecule has 5 rings (SSSR count). The standard InChI is InChI=1S/C29H20BrN3O4S/c30-22-13-16-26(37-19-20-11-14-25(15-12-20)33(35)36)21(17-22)18-27-28(34)32(24-9-5-2-6-10-24)29(38-27)31-23-7-3-1-4-8-23/h1-18H,19H2/b27-18+,31-29?. The highest BCUT2D eigenvalue weighted by Gasteiger charge is 2.35. The molecule has 0 unspecified atom stereocenters. The number of anilines is 1. The molecule has 0 atom stereocenters. The fraction of sp³-hybridized carbons (Fsp3) is 0.0345. The molecule has 0 saturated carbocycles. The number of thioether (sulfide) groups is 1. The lowest BCUT2D eigenvalue weighted by Crippen LogP contribution is -2.28. The maximum Gasteiger partial charge on any atom is 0.271 e. The summed E-state index contributed by atoms with van der Waals surface area (Å²) in [5.74, 6) is 0.393. The number of hydrogen-bond acceptors (Lipinski definition) is 6. The van der Waals surface area contributed by atoms with Gasteiger partial charge in [0.1, 0.15) is 12.4 Å². The number of aliphatic imine (C=N–C) groups is 1. The summed E-state index contributed by atoms with van der Waals surface area (Å²) in [6.45, 7) is 0.216. The summed E-state index contributed by atoms with van der Waals surface area (Å²) in [5, 5.41) is 11.5. The van der Waals surface area contributed by atoms with Gasteiger partial charge in [-0.1, -0.05) is 52.3 Å². The maximum absolute atomic E-state index is 13.6. The molecule has 1 saturated heterocycles. The van der Waals surface area contributed by atoms with Crippen molar-refractivity contribution < 1.29 is 14.5 Å². The number of halogens is 1. The lowest BCUT2D eigenvalue weighted by Gasteiger charge is -2.15. The van der Waals surface area contributed by atoms with E-state index in [1.807, 2.05) is 78.9 Å². The van der Waals surface area contributed by atoms with Gasteiger partial charge in [0.2, 0.25) is 0 Å². The molecule has 0 bridgehead atoms. The van der Waals surface area contributed by atoms with Gasteiger partial charge in [0.25, 0.3) is 11.6 Å². The Bertz CT molecular complexity index is 1540. The molecule has 0 aliphatic carbocycles. The first-order valence-electron chi connectivity index (χ1n) is 11.6. The van der Waals surface area contributed by atoms with Crippen LogP contribution in [0.15, 0.2) is 117 Å². The zero-order chi connectivity index (χ0) is 26.5. The minimum Gasteiger partial charge on any atom is -0.488 e. The second-order valence-electron chi connectivity index (χ2n) is 8.21. The van der Waals surface area contributed by atoms with Gasteiger partial charge in [0, 0.05) is 22.2 Å². The highest BCUT2D eigenvalue weighted by molar-refractivity contribution is 9.10. The molecule has 1 fully saturated rings. The summed E-state index contributed by atoms with van der Waals surface area (Å²) in [7, 11) is 0. The first-order chi connectivity index (χ1) is 18.5. The Morgan fingerprint density at radius 2 is 1.63 bits per heavy atom. The summed E-state index contributed by atoms with van der Waals surface area (Å²) in [6, 6.07) is 30.7. The molecule has 188 valence electrons. The van der Waals surface area contributed by atoms with E-state index in [1.165, 1.54) is 23.9 Å². The average Bonchev–Trinajstić information content (AvgIpc) is 3.23. The number of para-hydroxylation sites is 2. The van der Waals surface area contributed by atoms with E-state index in [0.29, 0.717) is 21.4 Å². The van der Waals surface area contributed by atoms with Gasteiger partial charge in [-0.05, 0) is 78.0 Å². The number of hydrogen-bond donors (Lipinski definition) is 0. The highest BCUT2D eigenvalue weighted by Crippen LogP contribution is 2.38. The monoisotopic (exact) mass is 585 g/mol. The van der Waals surface area contributed by atoms with Crippen LogP contribution in [0.4, 0.5) is 17.1 Å². The molecule has 9 heteroatoms. The Hall–Kier alpha value is -4.21. The summed E-state index contributed by atoms with van der Waals surface area (Å²) in [4.78, 5) is 31.0. The molecule has 0 N–H and O–H groups in total. The molecule has 1 heterocycles. The minimum absolute atomic E-state index is 0.0236. The molecule has 4 aromatic rings. The summed E-state index contributed by atoms with van der Waals surface area (Å²) in [5.41, 5.74) is 3.00. The highest BCUT2D eigenvalue weighted by atomic mass is 79.9. The van der Waals surface area contributed by atoms with E-state index in [4.69, 9.17) is 9.73 Å². The Morgan fingerprint density at radius 1 is 0.947 bits per heavy atom. The van der Waals surface area contributed by atoms with E-state index in [9.17, 15) is 14.9 Å². The molecular formula is C29H20BrN3O4S. The Labute approximate surface area is 231 Å². The van der Waals surface area contributed by atoms with Crippen molar-refractivity contribution in [1.29, 1.82) is 0 Å². The van der Waals surface area contributed by atoms with Crippen molar-refractivity contribution in [3.8, 4) is 5.75 Å². The van der Waals surface area contributed by atoms with Gasteiger partial charge in [-0.3, -0.25) is 19.8 Å². The number of nitro groups is 1.